The molecule has 1 amide bonds. The summed E-state index contributed by atoms with van der Waals surface area (Å²) in [5.74, 6) is -0.154. The van der Waals surface area contributed by atoms with Gasteiger partial charge in [0.05, 0.1) is 5.56 Å². The first-order valence-electron chi connectivity index (χ1n) is 7.45. The van der Waals surface area contributed by atoms with Gasteiger partial charge in [-0.15, -0.1) is 0 Å². The van der Waals surface area contributed by atoms with E-state index in [9.17, 15) is 4.79 Å². The van der Waals surface area contributed by atoms with E-state index in [0.717, 1.165) is 23.2 Å². The fraction of sp³-hybridized carbons (Fsp3) is 0.333. The lowest BCUT2D eigenvalue weighted by Gasteiger charge is -2.21. The molecule has 4 nitrogen and oxygen atoms in total. The number of allylic oxidation sites excluding steroid dienone is 1. The number of hydrogen-bond acceptors (Lipinski definition) is 2. The number of benzene rings is 1. The number of aryl methyl sites for hydroxylation is 1. The van der Waals surface area contributed by atoms with Crippen molar-refractivity contribution in [3.8, 4) is 0 Å². The zero-order valence-corrected chi connectivity index (χ0v) is 16.1. The van der Waals surface area contributed by atoms with Crippen molar-refractivity contribution in [2.75, 3.05) is 5.32 Å². The maximum absolute atomic E-state index is 12.5. The van der Waals surface area contributed by atoms with E-state index >= 15 is 0 Å². The monoisotopic (exact) mass is 423 g/mol. The second kappa shape index (κ2) is 6.86. The van der Waals surface area contributed by atoms with Crippen LogP contribution in [0.5, 0.6) is 0 Å². The molecule has 0 saturated heterocycles. The smallest absolute Gasteiger partial charge is 0.259 e. The molecule has 1 aromatic carbocycles. The van der Waals surface area contributed by atoms with Gasteiger partial charge in [0.2, 0.25) is 0 Å². The van der Waals surface area contributed by atoms with E-state index in [1.54, 1.807) is 17.9 Å². The average molecular weight is 423 g/mol. The number of nitrogens with zero attached hydrogens (tertiary/aromatic N) is 2. The van der Waals surface area contributed by atoms with Gasteiger partial charge in [-0.05, 0) is 46.1 Å². The average Bonchev–Trinajstić information content (AvgIpc) is 2.76. The van der Waals surface area contributed by atoms with Crippen LogP contribution in [0.15, 0.2) is 37.0 Å². The minimum Gasteiger partial charge on any atom is -0.321 e. The van der Waals surface area contributed by atoms with Crippen molar-refractivity contribution in [1.29, 1.82) is 0 Å². The highest BCUT2D eigenvalue weighted by Gasteiger charge is 2.18. The summed E-state index contributed by atoms with van der Waals surface area (Å²) in [7, 11) is 1.80. The molecule has 0 bridgehead atoms. The van der Waals surface area contributed by atoms with Crippen LogP contribution in [0.3, 0.4) is 0 Å². The molecular formula is C18H22IN3O. The third kappa shape index (κ3) is 4.67. The normalized spacial score (nSPS) is 11.3. The summed E-state index contributed by atoms with van der Waals surface area (Å²) in [6, 6.07) is 7.78. The molecule has 0 aliphatic carbocycles. The Balaban J connectivity index is 2.25. The number of rotatable bonds is 4. The number of nitrogens with one attached hydrogen (secondary N) is 1. The molecule has 0 fully saturated rings. The minimum absolute atomic E-state index is 0.146. The third-order valence-corrected chi connectivity index (χ3v) is 4.13. The molecule has 1 aromatic heterocycles. The van der Waals surface area contributed by atoms with Crippen LogP contribution in [0.25, 0.3) is 5.57 Å². The van der Waals surface area contributed by atoms with E-state index < -0.39 is 0 Å². The highest BCUT2D eigenvalue weighted by atomic mass is 127. The Bertz CT molecular complexity index is 741. The highest BCUT2D eigenvalue weighted by Crippen LogP contribution is 2.32. The van der Waals surface area contributed by atoms with Gasteiger partial charge in [-0.3, -0.25) is 9.48 Å². The summed E-state index contributed by atoms with van der Waals surface area (Å²) in [5, 5.41) is 7.19. The number of carbonyl (C=O) groups excluding carboxylic acids is 1. The van der Waals surface area contributed by atoms with Crippen molar-refractivity contribution >= 4 is 39.8 Å². The summed E-state index contributed by atoms with van der Waals surface area (Å²) < 4.78 is 2.33. The topological polar surface area (TPSA) is 46.9 Å². The fourth-order valence-electron chi connectivity index (χ4n) is 2.44. The summed E-state index contributed by atoms with van der Waals surface area (Å²) in [4.78, 5) is 12.5. The minimum atomic E-state index is -0.154. The van der Waals surface area contributed by atoms with Crippen molar-refractivity contribution in [1.82, 2.24) is 9.78 Å². The highest BCUT2D eigenvalue weighted by molar-refractivity contribution is 14.1. The number of halogens is 1. The third-order valence-electron chi connectivity index (χ3n) is 3.33. The molecular weight excluding hydrogens is 401 g/mol. The molecule has 1 heterocycles. The number of para-hydroxylation sites is 1. The Hall–Kier alpha value is -1.63. The number of amides is 1. The van der Waals surface area contributed by atoms with E-state index in [2.05, 4.69) is 60.4 Å². The van der Waals surface area contributed by atoms with Crippen LogP contribution in [0.4, 0.5) is 5.69 Å². The summed E-state index contributed by atoms with van der Waals surface area (Å²) >= 11 is 2.07. The van der Waals surface area contributed by atoms with Crippen molar-refractivity contribution in [2.45, 2.75) is 27.2 Å². The largest absolute Gasteiger partial charge is 0.321 e. The molecule has 0 saturated carbocycles. The van der Waals surface area contributed by atoms with Crippen molar-refractivity contribution in [3.05, 3.63) is 51.9 Å². The quantitative estimate of drug-likeness (QED) is 0.724. The van der Waals surface area contributed by atoms with Gasteiger partial charge in [-0.25, -0.2) is 0 Å². The van der Waals surface area contributed by atoms with Gasteiger partial charge in [0.15, 0.2) is 0 Å². The molecule has 1 N–H and O–H groups in total. The standard InChI is InChI=1S/C18H22IN3O/c1-12(10-18(2,3)4)13-8-6-7-9-15(13)20-17(23)14-11-22(5)21-16(14)19/h6-9,11H,1,10H2,2-5H3,(H,20,23). The van der Waals surface area contributed by atoms with Crippen LogP contribution in [0.1, 0.15) is 43.1 Å². The lowest BCUT2D eigenvalue weighted by molar-refractivity contribution is 0.102. The van der Waals surface area contributed by atoms with Gasteiger partial charge in [0.1, 0.15) is 3.70 Å². The van der Waals surface area contributed by atoms with Gasteiger partial charge in [0, 0.05) is 24.5 Å². The predicted molar refractivity (Wildman–Crippen MR) is 103 cm³/mol. The molecule has 2 aromatic rings. The Labute approximate surface area is 151 Å². The van der Waals surface area contributed by atoms with Crippen LogP contribution >= 0.6 is 22.6 Å². The van der Waals surface area contributed by atoms with E-state index in [-0.39, 0.29) is 11.3 Å². The Morgan fingerprint density at radius 2 is 1.96 bits per heavy atom. The van der Waals surface area contributed by atoms with Crippen molar-refractivity contribution in [3.63, 3.8) is 0 Å². The first-order chi connectivity index (χ1) is 10.7. The number of carbonyl (C=O) groups is 1. The summed E-state index contributed by atoms with van der Waals surface area (Å²) in [6.45, 7) is 10.7. The second-order valence-corrected chi connectivity index (χ2v) is 7.87. The van der Waals surface area contributed by atoms with Crippen LogP contribution in [0.2, 0.25) is 0 Å². The first kappa shape index (κ1) is 17.7. The number of aromatic nitrogens is 2. The number of anilines is 1. The number of hydrogen-bond donors (Lipinski definition) is 1. The Morgan fingerprint density at radius 3 is 2.52 bits per heavy atom. The van der Waals surface area contributed by atoms with Gasteiger partial charge in [-0.2, -0.15) is 5.10 Å². The molecule has 0 aliphatic rings. The maximum Gasteiger partial charge on any atom is 0.259 e. The molecule has 2 rings (SSSR count). The molecule has 0 radical (unpaired) electrons. The van der Waals surface area contributed by atoms with Gasteiger partial charge < -0.3 is 5.32 Å². The zero-order chi connectivity index (χ0) is 17.2. The Kier molecular flexibility index (Phi) is 5.29. The summed E-state index contributed by atoms with van der Waals surface area (Å²) in [6.07, 6.45) is 2.59. The fourth-order valence-corrected chi connectivity index (χ4v) is 3.16. The zero-order valence-electron chi connectivity index (χ0n) is 14.0. The maximum atomic E-state index is 12.5. The molecule has 23 heavy (non-hydrogen) atoms. The Morgan fingerprint density at radius 1 is 1.30 bits per heavy atom. The summed E-state index contributed by atoms with van der Waals surface area (Å²) in [5.41, 5.74) is 3.51. The SMILES string of the molecule is C=C(CC(C)(C)C)c1ccccc1NC(=O)c1cn(C)nc1I. The van der Waals surface area contributed by atoms with Crippen molar-refractivity contribution < 1.29 is 4.79 Å². The van der Waals surface area contributed by atoms with Gasteiger partial charge >= 0.3 is 0 Å². The van der Waals surface area contributed by atoms with Crippen LogP contribution in [0, 0.1) is 9.12 Å². The molecule has 122 valence electrons. The van der Waals surface area contributed by atoms with Crippen LogP contribution < -0.4 is 5.32 Å². The van der Waals surface area contributed by atoms with E-state index in [1.165, 1.54) is 0 Å². The molecule has 0 unspecified atom stereocenters. The van der Waals surface area contributed by atoms with Gasteiger partial charge in [-0.1, -0.05) is 45.5 Å². The molecule has 0 atom stereocenters. The van der Waals surface area contributed by atoms with E-state index in [0.29, 0.717) is 9.26 Å². The van der Waals surface area contributed by atoms with E-state index in [4.69, 9.17) is 0 Å². The lowest BCUT2D eigenvalue weighted by Crippen LogP contribution is -2.14. The molecule has 0 aliphatic heterocycles. The second-order valence-electron chi connectivity index (χ2n) is 6.85. The van der Waals surface area contributed by atoms with Crippen molar-refractivity contribution in [2.24, 2.45) is 12.5 Å². The molecule has 5 heteroatoms. The molecule has 0 spiro atoms. The van der Waals surface area contributed by atoms with Crippen LogP contribution in [-0.2, 0) is 7.05 Å². The first-order valence-corrected chi connectivity index (χ1v) is 8.53. The van der Waals surface area contributed by atoms with Gasteiger partial charge in [0.25, 0.3) is 5.91 Å². The predicted octanol–water partition coefficient (Wildman–Crippen LogP) is 4.73. The van der Waals surface area contributed by atoms with E-state index in [1.807, 2.05) is 24.3 Å². The van der Waals surface area contributed by atoms with Crippen LogP contribution in [-0.4, -0.2) is 15.7 Å². The lowest BCUT2D eigenvalue weighted by atomic mass is 9.85.